The molecular formula is C9H19NO2. The second-order valence-electron chi connectivity index (χ2n) is 3.68. The van der Waals surface area contributed by atoms with Gasteiger partial charge >= 0.3 is 0 Å². The van der Waals surface area contributed by atoms with Crippen molar-refractivity contribution >= 4 is 0 Å². The number of nitrogens with one attached hydrogen (secondary N) is 1. The molecule has 1 aliphatic heterocycles. The van der Waals surface area contributed by atoms with Crippen molar-refractivity contribution in [1.82, 2.24) is 5.32 Å². The summed E-state index contributed by atoms with van der Waals surface area (Å²) in [4.78, 5) is 0. The van der Waals surface area contributed by atoms with Crippen LogP contribution in [0.25, 0.3) is 0 Å². The molecule has 1 heterocycles. The molecule has 0 saturated carbocycles. The molecule has 0 bridgehead atoms. The zero-order chi connectivity index (χ0) is 8.86. The van der Waals surface area contributed by atoms with Crippen molar-refractivity contribution in [2.45, 2.75) is 19.3 Å². The van der Waals surface area contributed by atoms with Crippen LogP contribution in [0.4, 0.5) is 0 Å². The van der Waals surface area contributed by atoms with Gasteiger partial charge in [-0.3, -0.25) is 0 Å². The second kappa shape index (κ2) is 4.80. The van der Waals surface area contributed by atoms with E-state index < -0.39 is 0 Å². The molecule has 1 unspecified atom stereocenters. The Morgan fingerprint density at radius 2 is 2.42 bits per heavy atom. The van der Waals surface area contributed by atoms with Gasteiger partial charge in [0.05, 0.1) is 0 Å². The van der Waals surface area contributed by atoms with Crippen LogP contribution in [0.1, 0.15) is 19.3 Å². The van der Waals surface area contributed by atoms with Crippen LogP contribution in [-0.4, -0.2) is 38.5 Å². The van der Waals surface area contributed by atoms with Gasteiger partial charge < -0.3 is 15.2 Å². The first-order valence-corrected chi connectivity index (χ1v) is 4.63. The number of methoxy groups -OCH3 is 1. The van der Waals surface area contributed by atoms with Gasteiger partial charge in [-0.15, -0.1) is 0 Å². The number of ether oxygens (including phenoxy) is 1. The van der Waals surface area contributed by atoms with Gasteiger partial charge in [0.1, 0.15) is 0 Å². The number of hydrogen-bond acceptors (Lipinski definition) is 3. The Bertz CT molecular complexity index is 122. The summed E-state index contributed by atoms with van der Waals surface area (Å²) in [6.07, 6.45) is 3.26. The molecule has 0 aromatic rings. The molecule has 0 aliphatic carbocycles. The standard InChI is InChI=1S/C9H19NO2/c1-12-6-4-9(8-11)3-2-5-10-7-9/h10-11H,2-8H2,1H3. The number of aliphatic hydroxyl groups excluding tert-OH is 1. The van der Waals surface area contributed by atoms with Crippen LogP contribution in [0.3, 0.4) is 0 Å². The summed E-state index contributed by atoms with van der Waals surface area (Å²) in [6, 6.07) is 0. The summed E-state index contributed by atoms with van der Waals surface area (Å²) in [5, 5.41) is 12.6. The predicted octanol–water partition coefficient (Wildman–Crippen LogP) is 0.385. The normalized spacial score (nSPS) is 30.5. The van der Waals surface area contributed by atoms with Gasteiger partial charge in [0, 0.05) is 32.3 Å². The van der Waals surface area contributed by atoms with E-state index in [1.165, 1.54) is 6.42 Å². The van der Waals surface area contributed by atoms with Crippen molar-refractivity contribution in [2.75, 3.05) is 33.4 Å². The summed E-state index contributed by atoms with van der Waals surface area (Å²) in [5.41, 5.74) is 0.0915. The highest BCUT2D eigenvalue weighted by Gasteiger charge is 2.30. The summed E-state index contributed by atoms with van der Waals surface area (Å²) in [6.45, 7) is 3.06. The van der Waals surface area contributed by atoms with E-state index in [4.69, 9.17) is 4.74 Å². The van der Waals surface area contributed by atoms with E-state index in [0.29, 0.717) is 0 Å². The van der Waals surface area contributed by atoms with Gasteiger partial charge in [0.2, 0.25) is 0 Å². The molecule has 1 aliphatic rings. The Balaban J connectivity index is 2.37. The molecule has 1 atom stereocenters. The Morgan fingerprint density at radius 3 is 2.92 bits per heavy atom. The highest BCUT2D eigenvalue weighted by atomic mass is 16.5. The molecular weight excluding hydrogens is 154 g/mol. The Morgan fingerprint density at radius 1 is 1.58 bits per heavy atom. The third-order valence-electron chi connectivity index (χ3n) is 2.73. The molecule has 3 nitrogen and oxygen atoms in total. The maximum Gasteiger partial charge on any atom is 0.0500 e. The van der Waals surface area contributed by atoms with E-state index in [1.54, 1.807) is 7.11 Å². The van der Waals surface area contributed by atoms with Crippen LogP contribution in [0, 0.1) is 5.41 Å². The van der Waals surface area contributed by atoms with Crippen molar-refractivity contribution in [3.8, 4) is 0 Å². The molecule has 1 saturated heterocycles. The zero-order valence-electron chi connectivity index (χ0n) is 7.81. The number of aliphatic hydroxyl groups is 1. The minimum Gasteiger partial charge on any atom is -0.396 e. The van der Waals surface area contributed by atoms with Crippen molar-refractivity contribution in [3.05, 3.63) is 0 Å². The maximum absolute atomic E-state index is 9.27. The Hall–Kier alpha value is -0.120. The van der Waals surface area contributed by atoms with Crippen LogP contribution in [-0.2, 0) is 4.74 Å². The fraction of sp³-hybridized carbons (Fsp3) is 1.00. The van der Waals surface area contributed by atoms with E-state index in [9.17, 15) is 5.11 Å². The smallest absolute Gasteiger partial charge is 0.0500 e. The van der Waals surface area contributed by atoms with E-state index in [2.05, 4.69) is 5.32 Å². The van der Waals surface area contributed by atoms with Gasteiger partial charge in [-0.2, -0.15) is 0 Å². The lowest BCUT2D eigenvalue weighted by Gasteiger charge is -2.35. The Kier molecular flexibility index (Phi) is 3.98. The first-order valence-electron chi connectivity index (χ1n) is 4.63. The summed E-state index contributed by atoms with van der Waals surface area (Å²) < 4.78 is 5.03. The first-order chi connectivity index (χ1) is 5.83. The fourth-order valence-electron chi connectivity index (χ4n) is 1.78. The SMILES string of the molecule is COCCC1(CO)CCCNC1. The quantitative estimate of drug-likeness (QED) is 0.646. The van der Waals surface area contributed by atoms with E-state index in [-0.39, 0.29) is 12.0 Å². The minimum absolute atomic E-state index is 0.0915. The lowest BCUT2D eigenvalue weighted by molar-refractivity contribution is 0.0547. The van der Waals surface area contributed by atoms with Gasteiger partial charge in [-0.25, -0.2) is 0 Å². The number of piperidine rings is 1. The maximum atomic E-state index is 9.27. The molecule has 1 fully saturated rings. The fourth-order valence-corrected chi connectivity index (χ4v) is 1.78. The molecule has 0 radical (unpaired) electrons. The molecule has 0 spiro atoms. The largest absolute Gasteiger partial charge is 0.396 e. The topological polar surface area (TPSA) is 41.5 Å². The van der Waals surface area contributed by atoms with Crippen molar-refractivity contribution < 1.29 is 9.84 Å². The van der Waals surface area contributed by atoms with Gasteiger partial charge in [0.25, 0.3) is 0 Å². The molecule has 2 N–H and O–H groups in total. The summed E-state index contributed by atoms with van der Waals surface area (Å²) >= 11 is 0. The average Bonchev–Trinajstić information content (AvgIpc) is 2.16. The minimum atomic E-state index is 0.0915. The Labute approximate surface area is 74.1 Å². The highest BCUT2D eigenvalue weighted by Crippen LogP contribution is 2.29. The molecule has 0 amide bonds. The summed E-state index contributed by atoms with van der Waals surface area (Å²) in [5.74, 6) is 0. The van der Waals surface area contributed by atoms with Crippen molar-refractivity contribution in [3.63, 3.8) is 0 Å². The average molecular weight is 173 g/mol. The highest BCUT2D eigenvalue weighted by molar-refractivity contribution is 4.84. The summed E-state index contributed by atoms with van der Waals surface area (Å²) in [7, 11) is 1.71. The zero-order valence-corrected chi connectivity index (χ0v) is 7.81. The molecule has 1 rings (SSSR count). The molecule has 0 aromatic carbocycles. The van der Waals surface area contributed by atoms with Crippen molar-refractivity contribution in [2.24, 2.45) is 5.41 Å². The van der Waals surface area contributed by atoms with Crippen LogP contribution in [0.5, 0.6) is 0 Å². The molecule has 12 heavy (non-hydrogen) atoms. The number of hydrogen-bond donors (Lipinski definition) is 2. The third-order valence-corrected chi connectivity index (χ3v) is 2.73. The van der Waals surface area contributed by atoms with E-state index in [1.807, 2.05) is 0 Å². The third kappa shape index (κ3) is 2.44. The van der Waals surface area contributed by atoms with Crippen LogP contribution < -0.4 is 5.32 Å². The monoisotopic (exact) mass is 173 g/mol. The lowest BCUT2D eigenvalue weighted by Crippen LogP contribution is -2.43. The van der Waals surface area contributed by atoms with E-state index in [0.717, 1.165) is 32.5 Å². The van der Waals surface area contributed by atoms with Crippen molar-refractivity contribution in [1.29, 1.82) is 0 Å². The number of rotatable bonds is 4. The molecule has 0 aromatic heterocycles. The van der Waals surface area contributed by atoms with Gasteiger partial charge in [-0.1, -0.05) is 0 Å². The lowest BCUT2D eigenvalue weighted by atomic mass is 9.79. The first kappa shape index (κ1) is 9.96. The molecule has 72 valence electrons. The van der Waals surface area contributed by atoms with Gasteiger partial charge in [-0.05, 0) is 25.8 Å². The molecule has 3 heteroatoms. The van der Waals surface area contributed by atoms with Crippen LogP contribution >= 0.6 is 0 Å². The predicted molar refractivity (Wildman–Crippen MR) is 48.1 cm³/mol. The van der Waals surface area contributed by atoms with Crippen LogP contribution in [0.15, 0.2) is 0 Å². The van der Waals surface area contributed by atoms with E-state index >= 15 is 0 Å². The second-order valence-corrected chi connectivity index (χ2v) is 3.68. The van der Waals surface area contributed by atoms with Crippen LogP contribution in [0.2, 0.25) is 0 Å². The van der Waals surface area contributed by atoms with Gasteiger partial charge in [0.15, 0.2) is 0 Å².